The van der Waals surface area contributed by atoms with Crippen LogP contribution in [0, 0.1) is 0 Å². The van der Waals surface area contributed by atoms with Crippen molar-refractivity contribution in [2.24, 2.45) is 0 Å². The van der Waals surface area contributed by atoms with Crippen molar-refractivity contribution in [2.45, 2.75) is 38.3 Å². The minimum atomic E-state index is -4.48. The van der Waals surface area contributed by atoms with Gasteiger partial charge in [-0.05, 0) is 18.9 Å². The van der Waals surface area contributed by atoms with E-state index in [1.54, 1.807) is 4.90 Å². The van der Waals surface area contributed by atoms with Crippen molar-refractivity contribution >= 4 is 5.91 Å². The van der Waals surface area contributed by atoms with Gasteiger partial charge in [-0.25, -0.2) is 4.98 Å². The highest BCUT2D eigenvalue weighted by Crippen LogP contribution is 2.32. The van der Waals surface area contributed by atoms with E-state index in [4.69, 9.17) is 4.42 Å². The molecule has 1 fully saturated rings. The first-order chi connectivity index (χ1) is 11.4. The highest BCUT2D eigenvalue weighted by molar-refractivity contribution is 5.93. The Hall–Kier alpha value is -2.32. The molecule has 1 atom stereocenters. The average molecular weight is 342 g/mol. The molecular formula is C15H17F3N4O2. The molecule has 0 bridgehead atoms. The highest BCUT2D eigenvalue weighted by atomic mass is 19.4. The molecule has 0 aromatic carbocycles. The fourth-order valence-corrected chi connectivity index (χ4v) is 2.95. The second-order valence-electron chi connectivity index (χ2n) is 5.77. The number of halogens is 3. The van der Waals surface area contributed by atoms with Crippen LogP contribution >= 0.6 is 0 Å². The van der Waals surface area contributed by atoms with Gasteiger partial charge in [-0.15, -0.1) is 0 Å². The molecule has 0 saturated carbocycles. The Kier molecular flexibility index (Phi) is 4.33. The summed E-state index contributed by atoms with van der Waals surface area (Å²) in [7, 11) is 0. The maximum atomic E-state index is 12.7. The summed E-state index contributed by atoms with van der Waals surface area (Å²) in [6, 6.07) is 1.02. The van der Waals surface area contributed by atoms with Gasteiger partial charge in [0.15, 0.2) is 17.8 Å². The number of nitrogens with zero attached hydrogens (tertiary/aromatic N) is 3. The summed E-state index contributed by atoms with van der Waals surface area (Å²) in [5.41, 5.74) is -0.264. The molecule has 130 valence electrons. The number of hydrogen-bond donors (Lipinski definition) is 1. The number of likely N-dealkylation sites (tertiary alicyclic amines) is 1. The first-order valence-electron chi connectivity index (χ1n) is 7.74. The number of aryl methyl sites for hydroxylation is 1. The summed E-state index contributed by atoms with van der Waals surface area (Å²) in [5, 5.41) is 5.79. The van der Waals surface area contributed by atoms with Gasteiger partial charge < -0.3 is 9.32 Å². The number of rotatable bonds is 3. The molecule has 0 radical (unpaired) electrons. The zero-order valence-corrected chi connectivity index (χ0v) is 13.1. The summed E-state index contributed by atoms with van der Waals surface area (Å²) in [6.07, 6.45) is -1.29. The molecule has 0 spiro atoms. The van der Waals surface area contributed by atoms with E-state index in [1.807, 2.05) is 6.92 Å². The van der Waals surface area contributed by atoms with Crippen molar-refractivity contribution in [1.29, 1.82) is 0 Å². The number of hydrogen-bond acceptors (Lipinski definition) is 4. The van der Waals surface area contributed by atoms with Crippen LogP contribution in [0.3, 0.4) is 0 Å². The molecule has 0 aliphatic carbocycles. The van der Waals surface area contributed by atoms with Crippen molar-refractivity contribution in [1.82, 2.24) is 20.1 Å². The first-order valence-corrected chi connectivity index (χ1v) is 7.74. The molecular weight excluding hydrogens is 325 g/mol. The molecule has 3 heterocycles. The van der Waals surface area contributed by atoms with E-state index in [0.717, 1.165) is 6.07 Å². The van der Waals surface area contributed by atoms with Gasteiger partial charge in [-0.1, -0.05) is 6.92 Å². The molecule has 2 aromatic heterocycles. The third kappa shape index (κ3) is 3.15. The Bertz CT molecular complexity index is 722. The fraction of sp³-hybridized carbons (Fsp3) is 0.533. The second kappa shape index (κ2) is 6.29. The van der Waals surface area contributed by atoms with Gasteiger partial charge in [0.25, 0.3) is 5.91 Å². The fourth-order valence-electron chi connectivity index (χ4n) is 2.95. The maximum Gasteiger partial charge on any atom is 0.435 e. The summed E-state index contributed by atoms with van der Waals surface area (Å²) in [5.74, 6) is 0.0622. The Morgan fingerprint density at radius 3 is 2.96 bits per heavy atom. The molecule has 3 rings (SSSR count). The van der Waals surface area contributed by atoms with E-state index in [1.165, 1.54) is 6.39 Å². The van der Waals surface area contributed by atoms with Gasteiger partial charge in [0.05, 0.1) is 0 Å². The van der Waals surface area contributed by atoms with Crippen LogP contribution in [-0.2, 0) is 12.6 Å². The molecule has 1 N–H and O–H groups in total. The predicted molar refractivity (Wildman–Crippen MR) is 77.3 cm³/mol. The standard InChI is InChI=1S/C15H17F3N4O2/c1-2-11-13(19-8-24-11)14(23)22-5-3-4-9(7-22)10-6-12(21-20-10)15(16,17)18/h6,8-9H,2-5,7H2,1H3,(H,20,21). The molecule has 2 aromatic rings. The van der Waals surface area contributed by atoms with Gasteiger partial charge in [-0.3, -0.25) is 9.89 Å². The van der Waals surface area contributed by atoms with E-state index in [0.29, 0.717) is 43.8 Å². The minimum Gasteiger partial charge on any atom is -0.448 e. The first kappa shape index (κ1) is 16.5. The molecule has 6 nitrogen and oxygen atoms in total. The smallest absolute Gasteiger partial charge is 0.435 e. The average Bonchev–Trinajstić information content (AvgIpc) is 3.22. The van der Waals surface area contributed by atoms with Crippen molar-refractivity contribution in [3.8, 4) is 0 Å². The third-order valence-corrected chi connectivity index (χ3v) is 4.20. The minimum absolute atomic E-state index is 0.205. The van der Waals surface area contributed by atoms with Crippen molar-refractivity contribution in [3.63, 3.8) is 0 Å². The van der Waals surface area contributed by atoms with Crippen LogP contribution in [-0.4, -0.2) is 39.1 Å². The lowest BCUT2D eigenvalue weighted by molar-refractivity contribution is -0.141. The number of carbonyl (C=O) groups excluding carboxylic acids is 1. The summed E-state index contributed by atoms with van der Waals surface area (Å²) >= 11 is 0. The number of piperidine rings is 1. The van der Waals surface area contributed by atoms with E-state index < -0.39 is 11.9 Å². The molecule has 9 heteroatoms. The van der Waals surface area contributed by atoms with Crippen molar-refractivity contribution in [2.75, 3.05) is 13.1 Å². The third-order valence-electron chi connectivity index (χ3n) is 4.20. The second-order valence-corrected chi connectivity index (χ2v) is 5.77. The number of H-pyrrole nitrogens is 1. The number of carbonyl (C=O) groups is 1. The Morgan fingerprint density at radius 2 is 2.29 bits per heavy atom. The normalized spacial score (nSPS) is 18.8. The molecule has 1 unspecified atom stereocenters. The van der Waals surface area contributed by atoms with Gasteiger partial charge in [0, 0.05) is 31.1 Å². The van der Waals surface area contributed by atoms with Gasteiger partial charge in [0.2, 0.25) is 0 Å². The summed E-state index contributed by atoms with van der Waals surface area (Å²) < 4.78 is 43.2. The summed E-state index contributed by atoms with van der Waals surface area (Å²) in [4.78, 5) is 18.2. The van der Waals surface area contributed by atoms with Crippen LogP contribution in [0.4, 0.5) is 13.2 Å². The van der Waals surface area contributed by atoms with E-state index in [2.05, 4.69) is 15.2 Å². The largest absolute Gasteiger partial charge is 0.448 e. The van der Waals surface area contributed by atoms with Gasteiger partial charge in [0.1, 0.15) is 5.76 Å². The molecule has 1 saturated heterocycles. The monoisotopic (exact) mass is 342 g/mol. The number of amides is 1. The van der Waals surface area contributed by atoms with Crippen LogP contribution in [0.2, 0.25) is 0 Å². The Morgan fingerprint density at radius 1 is 1.50 bits per heavy atom. The van der Waals surface area contributed by atoms with Gasteiger partial charge in [-0.2, -0.15) is 18.3 Å². The molecule has 1 aliphatic heterocycles. The van der Waals surface area contributed by atoms with Crippen molar-refractivity contribution in [3.05, 3.63) is 35.3 Å². The number of nitrogens with one attached hydrogen (secondary N) is 1. The zero-order chi connectivity index (χ0) is 17.3. The maximum absolute atomic E-state index is 12.7. The Labute approximate surface area is 136 Å². The van der Waals surface area contributed by atoms with Crippen LogP contribution < -0.4 is 0 Å². The van der Waals surface area contributed by atoms with Gasteiger partial charge >= 0.3 is 6.18 Å². The van der Waals surface area contributed by atoms with Crippen LogP contribution in [0.25, 0.3) is 0 Å². The lowest BCUT2D eigenvalue weighted by atomic mass is 9.94. The van der Waals surface area contributed by atoms with E-state index in [9.17, 15) is 18.0 Å². The lowest BCUT2D eigenvalue weighted by Gasteiger charge is -2.31. The van der Waals surface area contributed by atoms with E-state index in [-0.39, 0.29) is 17.5 Å². The lowest BCUT2D eigenvalue weighted by Crippen LogP contribution is -2.39. The van der Waals surface area contributed by atoms with E-state index >= 15 is 0 Å². The van der Waals surface area contributed by atoms with Crippen LogP contribution in [0.5, 0.6) is 0 Å². The quantitative estimate of drug-likeness (QED) is 0.930. The van der Waals surface area contributed by atoms with Crippen LogP contribution in [0.15, 0.2) is 16.9 Å². The number of aromatic amines is 1. The van der Waals surface area contributed by atoms with Crippen molar-refractivity contribution < 1.29 is 22.4 Å². The topological polar surface area (TPSA) is 75.0 Å². The number of oxazole rings is 1. The summed E-state index contributed by atoms with van der Waals surface area (Å²) in [6.45, 7) is 2.74. The highest BCUT2D eigenvalue weighted by Gasteiger charge is 2.35. The number of aromatic nitrogens is 3. The molecule has 1 aliphatic rings. The predicted octanol–water partition coefficient (Wildman–Crippen LogP) is 3.00. The zero-order valence-electron chi connectivity index (χ0n) is 13.1. The Balaban J connectivity index is 1.75. The molecule has 24 heavy (non-hydrogen) atoms. The number of alkyl halides is 3. The SMILES string of the molecule is CCc1ocnc1C(=O)N1CCCC(c2cc(C(F)(F)F)n[nH]2)C1. The van der Waals surface area contributed by atoms with Crippen LogP contribution in [0.1, 0.15) is 53.3 Å². The molecule has 1 amide bonds.